The average Bonchev–Trinajstić information content (AvgIpc) is 3.40. The van der Waals surface area contributed by atoms with Crippen LogP contribution in [0, 0.1) is 10.1 Å². The number of H-pyrrole nitrogens is 1. The van der Waals surface area contributed by atoms with E-state index in [-0.39, 0.29) is 16.2 Å². The van der Waals surface area contributed by atoms with Gasteiger partial charge in [0.15, 0.2) is 0 Å². The maximum atomic E-state index is 12.3. The van der Waals surface area contributed by atoms with E-state index in [1.54, 1.807) is 12.1 Å². The average molecular weight is 326 g/mol. The first kappa shape index (κ1) is 15.0. The Hall–Kier alpha value is -2.54. The topological polar surface area (TPSA) is 92.1 Å². The highest BCUT2D eigenvalue weighted by molar-refractivity contribution is 5.34. The Morgan fingerprint density at radius 1 is 1.38 bits per heavy atom. The molecule has 0 saturated heterocycles. The standard InChI is InChI=1S/C17H18N4O3/c22-17-14-10-20(9-11-2-1-3-13(8-11)21(23)24)7-6-15(14)18-16(19-17)12-4-5-12/h1-3,8,12H,4-7,9-10H2,(H,18,19,22). The smallest absolute Gasteiger partial charge is 0.269 e. The lowest BCUT2D eigenvalue weighted by atomic mass is 10.1. The van der Waals surface area contributed by atoms with Crippen molar-refractivity contribution in [1.82, 2.24) is 14.9 Å². The molecule has 2 aliphatic rings. The lowest BCUT2D eigenvalue weighted by Crippen LogP contribution is -2.35. The molecule has 1 N–H and O–H groups in total. The minimum Gasteiger partial charge on any atom is -0.310 e. The van der Waals surface area contributed by atoms with E-state index in [4.69, 9.17) is 0 Å². The third kappa shape index (κ3) is 2.94. The maximum Gasteiger partial charge on any atom is 0.269 e. The number of fused-ring (bicyclic) bond motifs is 1. The number of aromatic amines is 1. The van der Waals surface area contributed by atoms with Crippen molar-refractivity contribution in [2.24, 2.45) is 0 Å². The second-order valence-corrected chi connectivity index (χ2v) is 6.54. The van der Waals surface area contributed by atoms with Gasteiger partial charge in [-0.15, -0.1) is 0 Å². The molecule has 1 aliphatic heterocycles. The van der Waals surface area contributed by atoms with Crippen LogP contribution in [0.4, 0.5) is 5.69 Å². The normalized spacial score (nSPS) is 17.5. The SMILES string of the molecule is O=c1[nH]c(C2CC2)nc2c1CN(Cc1cccc([N+](=O)[O-])c1)CC2. The van der Waals surface area contributed by atoms with Gasteiger partial charge in [-0.25, -0.2) is 4.98 Å². The quantitative estimate of drug-likeness (QED) is 0.686. The van der Waals surface area contributed by atoms with Crippen molar-refractivity contribution in [3.8, 4) is 0 Å². The van der Waals surface area contributed by atoms with E-state index in [0.29, 0.717) is 19.0 Å². The van der Waals surface area contributed by atoms with Gasteiger partial charge in [-0.2, -0.15) is 0 Å². The number of nitrogens with zero attached hydrogens (tertiary/aromatic N) is 3. The van der Waals surface area contributed by atoms with Crippen molar-refractivity contribution in [3.05, 3.63) is 67.4 Å². The second kappa shape index (κ2) is 5.83. The van der Waals surface area contributed by atoms with Gasteiger partial charge in [-0.1, -0.05) is 12.1 Å². The molecule has 0 unspecified atom stereocenters. The van der Waals surface area contributed by atoms with E-state index in [9.17, 15) is 14.9 Å². The van der Waals surface area contributed by atoms with Crippen LogP contribution in [0.3, 0.4) is 0 Å². The number of non-ortho nitro benzene ring substituents is 1. The molecular weight excluding hydrogens is 308 g/mol. The van der Waals surface area contributed by atoms with Gasteiger partial charge in [0.25, 0.3) is 11.2 Å². The fourth-order valence-corrected chi connectivity index (χ4v) is 3.21. The Bertz CT molecular complexity index is 857. The number of benzene rings is 1. The molecule has 7 heteroatoms. The van der Waals surface area contributed by atoms with Crippen molar-refractivity contribution in [1.29, 1.82) is 0 Å². The van der Waals surface area contributed by atoms with E-state index < -0.39 is 0 Å². The molecule has 1 saturated carbocycles. The summed E-state index contributed by atoms with van der Waals surface area (Å²) in [4.78, 5) is 32.5. The molecule has 2 aromatic rings. The molecule has 1 aliphatic carbocycles. The minimum atomic E-state index is -0.386. The highest BCUT2D eigenvalue weighted by Crippen LogP contribution is 2.37. The first-order chi connectivity index (χ1) is 11.6. The first-order valence-electron chi connectivity index (χ1n) is 8.18. The fraction of sp³-hybridized carbons (Fsp3) is 0.412. The van der Waals surface area contributed by atoms with Crippen LogP contribution in [0.2, 0.25) is 0 Å². The summed E-state index contributed by atoms with van der Waals surface area (Å²) >= 11 is 0. The number of hydrogen-bond donors (Lipinski definition) is 1. The van der Waals surface area contributed by atoms with Crippen LogP contribution in [-0.2, 0) is 19.5 Å². The van der Waals surface area contributed by atoms with Gasteiger partial charge >= 0.3 is 0 Å². The van der Waals surface area contributed by atoms with Crippen molar-refractivity contribution in [3.63, 3.8) is 0 Å². The number of rotatable bonds is 4. The molecule has 1 aromatic carbocycles. The molecule has 2 heterocycles. The Labute approximate surface area is 138 Å². The summed E-state index contributed by atoms with van der Waals surface area (Å²) < 4.78 is 0. The largest absolute Gasteiger partial charge is 0.310 e. The highest BCUT2D eigenvalue weighted by atomic mass is 16.6. The number of nitro groups is 1. The number of nitro benzene ring substituents is 1. The van der Waals surface area contributed by atoms with Gasteiger partial charge in [-0.05, 0) is 18.4 Å². The lowest BCUT2D eigenvalue weighted by Gasteiger charge is -2.27. The zero-order valence-corrected chi connectivity index (χ0v) is 13.2. The van der Waals surface area contributed by atoms with Crippen LogP contribution in [0.25, 0.3) is 0 Å². The Morgan fingerprint density at radius 2 is 2.21 bits per heavy atom. The van der Waals surface area contributed by atoms with Crippen molar-refractivity contribution < 1.29 is 4.92 Å². The monoisotopic (exact) mass is 326 g/mol. The molecule has 24 heavy (non-hydrogen) atoms. The first-order valence-corrected chi connectivity index (χ1v) is 8.18. The number of hydrogen-bond acceptors (Lipinski definition) is 5. The summed E-state index contributed by atoms with van der Waals surface area (Å²) in [7, 11) is 0. The molecule has 1 fully saturated rings. The minimum absolute atomic E-state index is 0.0364. The predicted octanol–water partition coefficient (Wildman–Crippen LogP) is 2.11. The molecule has 7 nitrogen and oxygen atoms in total. The lowest BCUT2D eigenvalue weighted by molar-refractivity contribution is -0.384. The maximum absolute atomic E-state index is 12.3. The third-order valence-electron chi connectivity index (χ3n) is 4.66. The van der Waals surface area contributed by atoms with Crippen molar-refractivity contribution in [2.45, 2.75) is 38.3 Å². The molecule has 1 aromatic heterocycles. The Morgan fingerprint density at radius 3 is 2.96 bits per heavy atom. The predicted molar refractivity (Wildman–Crippen MR) is 87.7 cm³/mol. The number of aromatic nitrogens is 2. The molecule has 0 radical (unpaired) electrons. The molecule has 0 amide bonds. The molecular formula is C17H18N4O3. The van der Waals surface area contributed by atoms with Crippen LogP contribution in [0.5, 0.6) is 0 Å². The summed E-state index contributed by atoms with van der Waals surface area (Å²) in [6, 6.07) is 6.65. The summed E-state index contributed by atoms with van der Waals surface area (Å²) in [5.41, 5.74) is 2.59. The van der Waals surface area contributed by atoms with E-state index in [2.05, 4.69) is 14.9 Å². The van der Waals surface area contributed by atoms with Gasteiger partial charge in [0, 0.05) is 44.1 Å². The summed E-state index contributed by atoms with van der Waals surface area (Å²) in [6.07, 6.45) is 2.97. The van der Waals surface area contributed by atoms with E-state index in [0.717, 1.165) is 48.5 Å². The van der Waals surface area contributed by atoms with Gasteiger partial charge in [0.2, 0.25) is 0 Å². The van der Waals surface area contributed by atoms with E-state index >= 15 is 0 Å². The number of nitrogens with one attached hydrogen (secondary N) is 1. The summed E-state index contributed by atoms with van der Waals surface area (Å²) in [5.74, 6) is 1.27. The fourth-order valence-electron chi connectivity index (χ4n) is 3.21. The van der Waals surface area contributed by atoms with Crippen molar-refractivity contribution >= 4 is 5.69 Å². The Kier molecular flexibility index (Phi) is 3.65. The summed E-state index contributed by atoms with van der Waals surface area (Å²) in [6.45, 7) is 1.92. The van der Waals surface area contributed by atoms with Gasteiger partial charge in [-0.3, -0.25) is 19.8 Å². The highest BCUT2D eigenvalue weighted by Gasteiger charge is 2.29. The molecule has 0 bridgehead atoms. The zero-order valence-electron chi connectivity index (χ0n) is 13.2. The van der Waals surface area contributed by atoms with Gasteiger partial charge in [0.1, 0.15) is 5.82 Å². The molecule has 0 atom stereocenters. The van der Waals surface area contributed by atoms with Gasteiger partial charge in [0.05, 0.1) is 16.2 Å². The van der Waals surface area contributed by atoms with Crippen LogP contribution >= 0.6 is 0 Å². The van der Waals surface area contributed by atoms with Crippen LogP contribution in [0.1, 0.15) is 41.4 Å². The Balaban J connectivity index is 1.53. The molecule has 124 valence electrons. The third-order valence-corrected chi connectivity index (χ3v) is 4.66. The second-order valence-electron chi connectivity index (χ2n) is 6.54. The zero-order chi connectivity index (χ0) is 16.7. The van der Waals surface area contributed by atoms with Crippen LogP contribution < -0.4 is 5.56 Å². The van der Waals surface area contributed by atoms with Crippen molar-refractivity contribution in [2.75, 3.05) is 6.54 Å². The summed E-state index contributed by atoms with van der Waals surface area (Å²) in [5, 5.41) is 10.9. The van der Waals surface area contributed by atoms with Gasteiger partial charge < -0.3 is 4.98 Å². The van der Waals surface area contributed by atoms with Crippen LogP contribution in [-0.4, -0.2) is 26.3 Å². The molecule has 0 spiro atoms. The van der Waals surface area contributed by atoms with E-state index in [1.165, 1.54) is 6.07 Å². The van der Waals surface area contributed by atoms with E-state index in [1.807, 2.05) is 6.07 Å². The van der Waals surface area contributed by atoms with Crippen LogP contribution in [0.15, 0.2) is 29.1 Å². The molecule has 4 rings (SSSR count).